The van der Waals surface area contributed by atoms with Gasteiger partial charge in [-0.15, -0.1) is 23.5 Å². The van der Waals surface area contributed by atoms with Gasteiger partial charge in [0, 0.05) is 35.0 Å². The summed E-state index contributed by atoms with van der Waals surface area (Å²) < 4.78 is 0. The van der Waals surface area contributed by atoms with E-state index in [9.17, 15) is 0 Å². The molecule has 2 aliphatic heterocycles. The third kappa shape index (κ3) is 4.94. The molecule has 0 fully saturated rings. The molecular formula is C49H38N4S2. The van der Waals surface area contributed by atoms with Gasteiger partial charge in [-0.05, 0) is 118 Å². The highest BCUT2D eigenvalue weighted by Crippen LogP contribution is 2.64. The van der Waals surface area contributed by atoms with E-state index in [-0.39, 0.29) is 11.1 Å². The summed E-state index contributed by atoms with van der Waals surface area (Å²) in [6.45, 7) is 8.75. The Balaban J connectivity index is 1.14. The molecule has 4 aliphatic rings. The average molecular weight is 747 g/mol. The Bertz CT molecular complexity index is 2770. The Morgan fingerprint density at radius 2 is 1.00 bits per heavy atom. The minimum absolute atomic E-state index is 0.0527. The van der Waals surface area contributed by atoms with Crippen LogP contribution in [0.3, 0.4) is 0 Å². The highest BCUT2D eigenvalue weighted by Gasteiger charge is 2.52. The van der Waals surface area contributed by atoms with Crippen molar-refractivity contribution in [2.24, 2.45) is 9.98 Å². The fourth-order valence-corrected chi connectivity index (χ4v) is 11.5. The van der Waals surface area contributed by atoms with Crippen molar-refractivity contribution in [1.29, 1.82) is 0 Å². The molecule has 266 valence electrons. The van der Waals surface area contributed by atoms with E-state index in [0.717, 1.165) is 49.7 Å². The van der Waals surface area contributed by atoms with Crippen LogP contribution >= 0.6 is 23.5 Å². The van der Waals surface area contributed by atoms with E-state index in [2.05, 4.69) is 155 Å². The lowest BCUT2D eigenvalue weighted by atomic mass is 9.69. The molecule has 4 nitrogen and oxygen atoms in total. The van der Waals surface area contributed by atoms with Crippen molar-refractivity contribution < 1.29 is 0 Å². The molecule has 7 aromatic rings. The van der Waals surface area contributed by atoms with Gasteiger partial charge in [0.2, 0.25) is 0 Å². The summed E-state index contributed by atoms with van der Waals surface area (Å²) in [7, 11) is 0. The van der Waals surface area contributed by atoms with Crippen LogP contribution in [0.4, 0.5) is 0 Å². The topological polar surface area (TPSA) is 50.5 Å². The van der Waals surface area contributed by atoms with E-state index in [1.165, 1.54) is 60.8 Å². The minimum Gasteiger partial charge on any atom is -0.269 e. The van der Waals surface area contributed by atoms with Crippen molar-refractivity contribution in [2.75, 3.05) is 11.5 Å². The minimum atomic E-state index is -0.505. The quantitative estimate of drug-likeness (QED) is 0.180. The molecule has 0 saturated carbocycles. The van der Waals surface area contributed by atoms with Gasteiger partial charge in [-0.25, -0.2) is 0 Å². The van der Waals surface area contributed by atoms with Gasteiger partial charge < -0.3 is 0 Å². The number of benzene rings is 5. The molecule has 11 rings (SSSR count). The zero-order chi connectivity index (χ0) is 37.1. The zero-order valence-electron chi connectivity index (χ0n) is 31.2. The number of fused-ring (bicyclic) bond motifs is 12. The van der Waals surface area contributed by atoms with E-state index in [0.29, 0.717) is 0 Å². The van der Waals surface area contributed by atoms with Crippen LogP contribution in [0.15, 0.2) is 144 Å². The number of nitrogens with zero attached hydrogens (tertiary/aromatic N) is 4. The molecule has 2 aliphatic carbocycles. The maximum absolute atomic E-state index is 5.02. The van der Waals surface area contributed by atoms with Crippen molar-refractivity contribution in [3.05, 3.63) is 167 Å². The summed E-state index contributed by atoms with van der Waals surface area (Å²) in [5.74, 6) is 1.96. The monoisotopic (exact) mass is 746 g/mol. The van der Waals surface area contributed by atoms with Gasteiger partial charge in [-0.2, -0.15) is 0 Å². The lowest BCUT2D eigenvalue weighted by Crippen LogP contribution is -2.26. The molecule has 0 bridgehead atoms. The predicted octanol–water partition coefficient (Wildman–Crippen LogP) is 11.9. The van der Waals surface area contributed by atoms with Crippen LogP contribution in [-0.4, -0.2) is 42.6 Å². The molecule has 0 atom stereocenters. The molecule has 0 radical (unpaired) electrons. The second-order valence-corrected chi connectivity index (χ2v) is 18.3. The lowest BCUT2D eigenvalue weighted by Gasteiger charge is -2.31. The Labute approximate surface area is 330 Å². The third-order valence-corrected chi connectivity index (χ3v) is 14.5. The van der Waals surface area contributed by atoms with Gasteiger partial charge in [0.15, 0.2) is 0 Å². The van der Waals surface area contributed by atoms with Gasteiger partial charge >= 0.3 is 0 Å². The fraction of sp³-hybridized carbons (Fsp3) is 0.184. The van der Waals surface area contributed by atoms with E-state index >= 15 is 0 Å². The molecule has 2 aromatic heterocycles. The molecule has 0 saturated heterocycles. The summed E-state index contributed by atoms with van der Waals surface area (Å²) >= 11 is 3.60. The number of rotatable bonds is 4. The molecule has 5 aromatic carbocycles. The molecule has 1 spiro atoms. The number of thioether (sulfide) groups is 2. The molecule has 55 heavy (non-hydrogen) atoms. The SMILES string of the molecule is CC1(C)CSC(c2ccc(-c3ccc4c(c3)C3(c5ccccc5-c5ccccc53)c3cc(-c5ccc(C6=NC(C)(C)CS6)nc5)c5ccccc5c3-4)cn2)=N1. The van der Waals surface area contributed by atoms with E-state index in [4.69, 9.17) is 20.0 Å². The Morgan fingerprint density at radius 1 is 0.455 bits per heavy atom. The maximum Gasteiger partial charge on any atom is 0.117 e. The third-order valence-electron chi connectivity index (χ3n) is 11.6. The van der Waals surface area contributed by atoms with Crippen molar-refractivity contribution in [3.63, 3.8) is 0 Å². The highest BCUT2D eigenvalue weighted by atomic mass is 32.2. The van der Waals surface area contributed by atoms with Crippen LogP contribution in [0, 0.1) is 0 Å². The molecule has 4 heterocycles. The number of aliphatic imine (C=N–C) groups is 2. The van der Waals surface area contributed by atoms with Gasteiger partial charge in [-0.3, -0.25) is 20.0 Å². The first-order valence-corrected chi connectivity index (χ1v) is 21.0. The number of hydrogen-bond acceptors (Lipinski definition) is 6. The predicted molar refractivity (Wildman–Crippen MR) is 233 cm³/mol. The number of hydrogen-bond donors (Lipinski definition) is 0. The largest absolute Gasteiger partial charge is 0.269 e. The number of pyridine rings is 2. The van der Waals surface area contributed by atoms with Crippen LogP contribution in [0.1, 0.15) is 61.3 Å². The highest BCUT2D eigenvalue weighted by molar-refractivity contribution is 8.15. The average Bonchev–Trinajstić information content (AvgIpc) is 3.94. The standard InChI is InChI=1S/C49H38N4S2/c1-47(2)27-54-45(52-47)42-21-18-30(25-50-42)29-17-20-36-40(23-29)49(38-15-9-7-12-33(38)34-13-8-10-16-39(34)49)41-24-37(32-11-5-6-14-35(32)44(36)41)31-19-22-43(51-26-31)46-53-48(3,4)28-55-46/h5-26H,27-28H2,1-4H3. The first-order valence-electron chi connectivity index (χ1n) is 19.0. The van der Waals surface area contributed by atoms with E-state index < -0.39 is 5.41 Å². The Hall–Kier alpha value is -5.30. The van der Waals surface area contributed by atoms with E-state index in [1.54, 1.807) is 23.5 Å². The summed E-state index contributed by atoms with van der Waals surface area (Å²) in [4.78, 5) is 19.9. The van der Waals surface area contributed by atoms with Gasteiger partial charge in [0.25, 0.3) is 0 Å². The van der Waals surface area contributed by atoms with Crippen molar-refractivity contribution in [1.82, 2.24) is 9.97 Å². The summed E-state index contributed by atoms with van der Waals surface area (Å²) in [5, 5.41) is 4.54. The summed E-state index contributed by atoms with van der Waals surface area (Å²) in [5.41, 5.74) is 16.3. The van der Waals surface area contributed by atoms with Crippen LogP contribution in [0.25, 0.3) is 55.3 Å². The molecule has 0 N–H and O–H groups in total. The van der Waals surface area contributed by atoms with Crippen molar-refractivity contribution in [3.8, 4) is 44.5 Å². The normalized spacial score (nSPS) is 17.8. The fourth-order valence-electron chi connectivity index (χ4n) is 9.21. The second-order valence-electron chi connectivity index (χ2n) is 16.4. The molecule has 0 amide bonds. The maximum atomic E-state index is 5.02. The summed E-state index contributed by atoms with van der Waals surface area (Å²) in [6.07, 6.45) is 4.08. The van der Waals surface area contributed by atoms with Gasteiger partial charge in [-0.1, -0.05) is 97.1 Å². The van der Waals surface area contributed by atoms with Crippen LogP contribution < -0.4 is 0 Å². The van der Waals surface area contributed by atoms with Crippen LogP contribution in [-0.2, 0) is 5.41 Å². The molecule has 0 unspecified atom stereocenters. The van der Waals surface area contributed by atoms with E-state index in [1.807, 2.05) is 6.20 Å². The lowest BCUT2D eigenvalue weighted by molar-refractivity contribution is 0.604. The Kier molecular flexibility index (Phi) is 7.13. The zero-order valence-corrected chi connectivity index (χ0v) is 32.9. The smallest absolute Gasteiger partial charge is 0.117 e. The van der Waals surface area contributed by atoms with Crippen molar-refractivity contribution in [2.45, 2.75) is 44.2 Å². The van der Waals surface area contributed by atoms with Crippen molar-refractivity contribution >= 4 is 44.4 Å². The van der Waals surface area contributed by atoms with Crippen LogP contribution in [0.2, 0.25) is 0 Å². The van der Waals surface area contributed by atoms with Gasteiger partial charge in [0.1, 0.15) is 10.1 Å². The van der Waals surface area contributed by atoms with Crippen LogP contribution in [0.5, 0.6) is 0 Å². The Morgan fingerprint density at radius 3 is 1.56 bits per heavy atom. The number of aromatic nitrogens is 2. The second kappa shape index (κ2) is 11.8. The first-order chi connectivity index (χ1) is 26.7. The first kappa shape index (κ1) is 33.1. The molecule has 6 heteroatoms. The summed E-state index contributed by atoms with van der Waals surface area (Å²) in [6, 6.07) is 45.3. The molecular weight excluding hydrogens is 709 g/mol. The van der Waals surface area contributed by atoms with Gasteiger partial charge in [0.05, 0.1) is 27.9 Å².